The van der Waals surface area contributed by atoms with Crippen molar-refractivity contribution in [2.45, 2.75) is 19.6 Å². The maximum Gasteiger partial charge on any atom is 0.139 e. The summed E-state index contributed by atoms with van der Waals surface area (Å²) >= 11 is 0. The van der Waals surface area contributed by atoms with Gasteiger partial charge in [-0.1, -0.05) is 29.8 Å². The van der Waals surface area contributed by atoms with Crippen LogP contribution in [0.25, 0.3) is 11.4 Å². The molecule has 0 saturated carbocycles. The highest BCUT2D eigenvalue weighted by Gasteiger charge is 2.09. The maximum atomic E-state index is 9.45. The normalized spacial score (nSPS) is 12.6. The standard InChI is InChI=1S/C13H16N2O2/c1-10-2-4-11(5-3-10)13-14-6-7-15(13)8-12(17)9-16/h2-7,12,16-17H,8-9H2,1H3. The molecule has 1 unspecified atom stereocenters. The van der Waals surface area contributed by atoms with Gasteiger partial charge in [-0.05, 0) is 6.92 Å². The number of imidazole rings is 1. The molecule has 1 atom stereocenters. The van der Waals surface area contributed by atoms with Crippen LogP contribution < -0.4 is 0 Å². The molecule has 17 heavy (non-hydrogen) atoms. The number of aryl methyl sites for hydroxylation is 1. The largest absolute Gasteiger partial charge is 0.394 e. The molecule has 0 aliphatic carbocycles. The number of rotatable bonds is 4. The van der Waals surface area contributed by atoms with Crippen molar-refractivity contribution in [3.63, 3.8) is 0 Å². The highest BCUT2D eigenvalue weighted by atomic mass is 16.3. The Balaban J connectivity index is 2.27. The molecule has 0 spiro atoms. The number of nitrogens with zero attached hydrogens (tertiary/aromatic N) is 2. The fraction of sp³-hybridized carbons (Fsp3) is 0.308. The number of benzene rings is 1. The minimum atomic E-state index is -0.756. The molecule has 4 heteroatoms. The smallest absolute Gasteiger partial charge is 0.139 e. The Morgan fingerprint density at radius 3 is 2.65 bits per heavy atom. The Morgan fingerprint density at radius 1 is 1.29 bits per heavy atom. The molecule has 0 aliphatic heterocycles. The third-order valence-corrected chi connectivity index (χ3v) is 2.64. The van der Waals surface area contributed by atoms with E-state index >= 15 is 0 Å². The van der Waals surface area contributed by atoms with Crippen LogP contribution in [0.2, 0.25) is 0 Å². The van der Waals surface area contributed by atoms with Crippen LogP contribution in [0.4, 0.5) is 0 Å². The lowest BCUT2D eigenvalue weighted by molar-refractivity contribution is 0.0816. The van der Waals surface area contributed by atoms with Gasteiger partial charge in [0, 0.05) is 18.0 Å². The van der Waals surface area contributed by atoms with E-state index in [1.165, 1.54) is 5.56 Å². The molecule has 0 saturated heterocycles. The van der Waals surface area contributed by atoms with E-state index in [0.29, 0.717) is 6.54 Å². The quantitative estimate of drug-likeness (QED) is 0.833. The summed E-state index contributed by atoms with van der Waals surface area (Å²) in [6.45, 7) is 2.14. The third kappa shape index (κ3) is 2.72. The van der Waals surface area contributed by atoms with Gasteiger partial charge in [0.15, 0.2) is 0 Å². The summed E-state index contributed by atoms with van der Waals surface area (Å²) < 4.78 is 1.84. The van der Waals surface area contributed by atoms with E-state index in [-0.39, 0.29) is 6.61 Å². The molecule has 1 aromatic carbocycles. The molecular weight excluding hydrogens is 216 g/mol. The summed E-state index contributed by atoms with van der Waals surface area (Å²) in [6.07, 6.45) is 2.74. The highest BCUT2D eigenvalue weighted by molar-refractivity contribution is 5.55. The van der Waals surface area contributed by atoms with E-state index in [1.807, 2.05) is 35.8 Å². The van der Waals surface area contributed by atoms with Crippen LogP contribution >= 0.6 is 0 Å². The summed E-state index contributed by atoms with van der Waals surface area (Å²) in [6, 6.07) is 8.05. The monoisotopic (exact) mass is 232 g/mol. The second-order valence-corrected chi connectivity index (χ2v) is 4.11. The zero-order valence-corrected chi connectivity index (χ0v) is 9.74. The van der Waals surface area contributed by atoms with Crippen LogP contribution in [-0.2, 0) is 6.54 Å². The number of hydrogen-bond acceptors (Lipinski definition) is 3. The molecule has 90 valence electrons. The molecule has 2 N–H and O–H groups in total. The molecule has 0 bridgehead atoms. The Kier molecular flexibility index (Phi) is 3.56. The van der Waals surface area contributed by atoms with Gasteiger partial charge >= 0.3 is 0 Å². The topological polar surface area (TPSA) is 58.3 Å². The van der Waals surface area contributed by atoms with Crippen molar-refractivity contribution in [1.82, 2.24) is 9.55 Å². The van der Waals surface area contributed by atoms with Crippen molar-refractivity contribution >= 4 is 0 Å². The predicted octanol–water partition coefficient (Wildman–Crippen LogP) is 1.21. The van der Waals surface area contributed by atoms with Gasteiger partial charge in [-0.25, -0.2) is 4.98 Å². The van der Waals surface area contributed by atoms with Crippen LogP contribution in [0.5, 0.6) is 0 Å². The first-order chi connectivity index (χ1) is 8.20. The lowest BCUT2D eigenvalue weighted by Gasteiger charge is -2.11. The second kappa shape index (κ2) is 5.12. The van der Waals surface area contributed by atoms with Gasteiger partial charge in [0.1, 0.15) is 5.82 Å². The van der Waals surface area contributed by atoms with Gasteiger partial charge in [-0.2, -0.15) is 0 Å². The molecule has 1 heterocycles. The minimum Gasteiger partial charge on any atom is -0.394 e. The van der Waals surface area contributed by atoms with Gasteiger partial charge in [0.05, 0.1) is 19.3 Å². The van der Waals surface area contributed by atoms with E-state index in [4.69, 9.17) is 5.11 Å². The second-order valence-electron chi connectivity index (χ2n) is 4.11. The number of aliphatic hydroxyl groups is 2. The van der Waals surface area contributed by atoms with E-state index in [9.17, 15) is 5.11 Å². The summed E-state index contributed by atoms with van der Waals surface area (Å²) in [4.78, 5) is 4.27. The van der Waals surface area contributed by atoms with Crippen LogP contribution in [-0.4, -0.2) is 32.5 Å². The molecule has 0 radical (unpaired) electrons. The minimum absolute atomic E-state index is 0.245. The van der Waals surface area contributed by atoms with E-state index < -0.39 is 6.10 Å². The zero-order chi connectivity index (χ0) is 12.3. The molecule has 4 nitrogen and oxygen atoms in total. The highest BCUT2D eigenvalue weighted by Crippen LogP contribution is 2.18. The summed E-state index contributed by atoms with van der Waals surface area (Å²) in [7, 11) is 0. The van der Waals surface area contributed by atoms with Crippen molar-refractivity contribution in [3.8, 4) is 11.4 Å². The molecule has 0 amide bonds. The molecule has 2 aromatic rings. The lowest BCUT2D eigenvalue weighted by Crippen LogP contribution is -2.19. The van der Waals surface area contributed by atoms with E-state index in [0.717, 1.165) is 11.4 Å². The molecule has 0 fully saturated rings. The van der Waals surface area contributed by atoms with Gasteiger partial charge in [-0.15, -0.1) is 0 Å². The Morgan fingerprint density at radius 2 is 2.00 bits per heavy atom. The average Bonchev–Trinajstić information content (AvgIpc) is 2.78. The number of aliphatic hydroxyl groups excluding tert-OH is 2. The SMILES string of the molecule is Cc1ccc(-c2nccn2CC(O)CO)cc1. The Bertz CT molecular complexity index is 476. The first kappa shape index (κ1) is 11.8. The van der Waals surface area contributed by atoms with Crippen LogP contribution in [0.1, 0.15) is 5.56 Å². The van der Waals surface area contributed by atoms with Crippen LogP contribution in [0.3, 0.4) is 0 Å². The van der Waals surface area contributed by atoms with Gasteiger partial charge in [-0.3, -0.25) is 0 Å². The number of hydrogen-bond donors (Lipinski definition) is 2. The Hall–Kier alpha value is -1.65. The summed E-state index contributed by atoms with van der Waals surface area (Å²) in [5.74, 6) is 0.803. The average molecular weight is 232 g/mol. The van der Waals surface area contributed by atoms with Crippen molar-refractivity contribution in [3.05, 3.63) is 42.2 Å². The van der Waals surface area contributed by atoms with E-state index in [1.54, 1.807) is 12.4 Å². The first-order valence-corrected chi connectivity index (χ1v) is 5.58. The molecular formula is C13H16N2O2. The first-order valence-electron chi connectivity index (χ1n) is 5.58. The zero-order valence-electron chi connectivity index (χ0n) is 9.74. The van der Waals surface area contributed by atoms with Gasteiger partial charge in [0.2, 0.25) is 0 Å². The van der Waals surface area contributed by atoms with Crippen molar-refractivity contribution in [2.24, 2.45) is 0 Å². The number of aromatic nitrogens is 2. The molecule has 2 rings (SSSR count). The summed E-state index contributed by atoms with van der Waals surface area (Å²) in [5.41, 5.74) is 2.20. The van der Waals surface area contributed by atoms with Crippen LogP contribution in [0.15, 0.2) is 36.7 Å². The Labute approximate surface area is 100 Å². The van der Waals surface area contributed by atoms with Gasteiger partial charge in [0.25, 0.3) is 0 Å². The predicted molar refractivity (Wildman–Crippen MR) is 65.5 cm³/mol. The van der Waals surface area contributed by atoms with Crippen LogP contribution in [0, 0.1) is 6.92 Å². The van der Waals surface area contributed by atoms with Gasteiger partial charge < -0.3 is 14.8 Å². The van der Waals surface area contributed by atoms with Crippen molar-refractivity contribution < 1.29 is 10.2 Å². The molecule has 0 aliphatic rings. The summed E-state index contributed by atoms with van der Waals surface area (Å²) in [5, 5.41) is 18.3. The van der Waals surface area contributed by atoms with Crippen molar-refractivity contribution in [2.75, 3.05) is 6.61 Å². The third-order valence-electron chi connectivity index (χ3n) is 2.64. The molecule has 1 aromatic heterocycles. The fourth-order valence-corrected chi connectivity index (χ4v) is 1.70. The maximum absolute atomic E-state index is 9.45. The van der Waals surface area contributed by atoms with Crippen molar-refractivity contribution in [1.29, 1.82) is 0 Å². The fourth-order valence-electron chi connectivity index (χ4n) is 1.70. The van der Waals surface area contributed by atoms with E-state index in [2.05, 4.69) is 4.98 Å². The lowest BCUT2D eigenvalue weighted by atomic mass is 10.1.